The van der Waals surface area contributed by atoms with Crippen molar-refractivity contribution in [2.75, 3.05) is 0 Å². The molecule has 98 valence electrons. The van der Waals surface area contributed by atoms with E-state index in [1.54, 1.807) is 6.92 Å². The zero-order chi connectivity index (χ0) is 13.3. The van der Waals surface area contributed by atoms with Gasteiger partial charge in [-0.25, -0.2) is 4.79 Å². The van der Waals surface area contributed by atoms with E-state index >= 15 is 0 Å². The SMILES string of the molecule is C/C(=C/C(=O)O)OC1CC(C)(C)NC(C)(C)C1. The summed E-state index contributed by atoms with van der Waals surface area (Å²) in [6, 6.07) is 0. The predicted molar refractivity (Wildman–Crippen MR) is 66.8 cm³/mol. The van der Waals surface area contributed by atoms with Crippen LogP contribution in [0.5, 0.6) is 0 Å². The normalized spacial score (nSPS) is 24.4. The summed E-state index contributed by atoms with van der Waals surface area (Å²) in [7, 11) is 0. The molecule has 1 heterocycles. The summed E-state index contributed by atoms with van der Waals surface area (Å²) < 4.78 is 5.71. The minimum absolute atomic E-state index is 0.00984. The molecule has 0 aromatic rings. The number of nitrogens with one attached hydrogen (secondary N) is 1. The zero-order valence-electron chi connectivity index (χ0n) is 11.3. The third kappa shape index (κ3) is 4.77. The number of ether oxygens (including phenoxy) is 1. The molecule has 1 aliphatic heterocycles. The number of allylic oxidation sites excluding steroid dienone is 1. The average molecular weight is 241 g/mol. The van der Waals surface area contributed by atoms with Crippen LogP contribution in [0, 0.1) is 0 Å². The summed E-state index contributed by atoms with van der Waals surface area (Å²) >= 11 is 0. The van der Waals surface area contributed by atoms with Crippen molar-refractivity contribution in [2.45, 2.75) is 64.6 Å². The molecule has 1 fully saturated rings. The van der Waals surface area contributed by atoms with E-state index < -0.39 is 5.97 Å². The second-order valence-electron chi connectivity index (χ2n) is 6.13. The molecule has 1 rings (SSSR count). The first-order valence-corrected chi connectivity index (χ1v) is 5.97. The van der Waals surface area contributed by atoms with Crippen LogP contribution in [0.2, 0.25) is 0 Å². The van der Waals surface area contributed by atoms with Gasteiger partial charge in [0.1, 0.15) is 11.9 Å². The standard InChI is InChI=1S/C13H23NO3/c1-9(6-11(15)16)17-10-7-12(2,3)14-13(4,5)8-10/h6,10,14H,7-8H2,1-5H3,(H,15,16)/b9-6-. The Bertz CT molecular complexity index is 316. The van der Waals surface area contributed by atoms with E-state index in [2.05, 4.69) is 33.0 Å². The quantitative estimate of drug-likeness (QED) is 0.588. The molecule has 0 aliphatic carbocycles. The van der Waals surface area contributed by atoms with Gasteiger partial charge in [0, 0.05) is 23.9 Å². The van der Waals surface area contributed by atoms with Gasteiger partial charge >= 0.3 is 5.97 Å². The van der Waals surface area contributed by atoms with E-state index in [9.17, 15) is 4.79 Å². The highest BCUT2D eigenvalue weighted by atomic mass is 16.5. The van der Waals surface area contributed by atoms with Crippen molar-refractivity contribution in [1.29, 1.82) is 0 Å². The molecule has 0 aromatic heterocycles. The maximum absolute atomic E-state index is 10.5. The summed E-state index contributed by atoms with van der Waals surface area (Å²) in [5, 5.41) is 12.2. The highest BCUT2D eigenvalue weighted by molar-refractivity contribution is 5.80. The topological polar surface area (TPSA) is 58.6 Å². The monoisotopic (exact) mass is 241 g/mol. The van der Waals surface area contributed by atoms with E-state index in [1.807, 2.05) is 0 Å². The zero-order valence-corrected chi connectivity index (χ0v) is 11.3. The van der Waals surface area contributed by atoms with Gasteiger partial charge in [0.25, 0.3) is 0 Å². The Labute approximate surface area is 103 Å². The Morgan fingerprint density at radius 2 is 1.76 bits per heavy atom. The van der Waals surface area contributed by atoms with Crippen LogP contribution in [0.25, 0.3) is 0 Å². The number of hydrogen-bond donors (Lipinski definition) is 2. The number of aliphatic carboxylic acids is 1. The molecule has 0 saturated carbocycles. The third-order valence-electron chi connectivity index (χ3n) is 2.83. The van der Waals surface area contributed by atoms with Crippen LogP contribution < -0.4 is 5.32 Å². The van der Waals surface area contributed by atoms with Gasteiger partial charge in [0.2, 0.25) is 0 Å². The lowest BCUT2D eigenvalue weighted by atomic mass is 9.81. The van der Waals surface area contributed by atoms with E-state index in [0.29, 0.717) is 5.76 Å². The lowest BCUT2D eigenvalue weighted by Gasteiger charge is -2.46. The van der Waals surface area contributed by atoms with Crippen LogP contribution in [-0.2, 0) is 9.53 Å². The predicted octanol–water partition coefficient (Wildman–Crippen LogP) is 2.30. The maximum Gasteiger partial charge on any atom is 0.331 e. The van der Waals surface area contributed by atoms with Crippen molar-refractivity contribution in [3.05, 3.63) is 11.8 Å². The first-order chi connectivity index (χ1) is 7.60. The van der Waals surface area contributed by atoms with Crippen molar-refractivity contribution >= 4 is 5.97 Å². The molecule has 0 spiro atoms. The second kappa shape index (κ2) is 4.69. The number of rotatable bonds is 3. The van der Waals surface area contributed by atoms with Crippen LogP contribution >= 0.6 is 0 Å². The molecule has 0 atom stereocenters. The fourth-order valence-corrected chi connectivity index (χ4v) is 2.78. The van der Waals surface area contributed by atoms with Crippen LogP contribution in [-0.4, -0.2) is 28.3 Å². The van der Waals surface area contributed by atoms with Gasteiger partial charge in [-0.2, -0.15) is 0 Å². The molecule has 0 aromatic carbocycles. The second-order valence-corrected chi connectivity index (χ2v) is 6.13. The van der Waals surface area contributed by atoms with Gasteiger partial charge in [-0.05, 0) is 34.6 Å². The molecule has 17 heavy (non-hydrogen) atoms. The summed E-state index contributed by atoms with van der Waals surface area (Å²) in [5.74, 6) is -0.494. The average Bonchev–Trinajstić information content (AvgIpc) is 1.93. The first kappa shape index (κ1) is 14.0. The highest BCUT2D eigenvalue weighted by Gasteiger charge is 2.38. The smallest absolute Gasteiger partial charge is 0.331 e. The molecule has 1 aliphatic rings. The van der Waals surface area contributed by atoms with Gasteiger partial charge in [-0.1, -0.05) is 0 Å². The molecule has 4 nitrogen and oxygen atoms in total. The van der Waals surface area contributed by atoms with Crippen LogP contribution in [0.15, 0.2) is 11.8 Å². The van der Waals surface area contributed by atoms with Crippen molar-refractivity contribution in [3.63, 3.8) is 0 Å². The fraction of sp³-hybridized carbons (Fsp3) is 0.769. The summed E-state index contributed by atoms with van der Waals surface area (Å²) in [6.45, 7) is 10.2. The van der Waals surface area contributed by atoms with Gasteiger partial charge in [-0.3, -0.25) is 0 Å². The van der Waals surface area contributed by atoms with E-state index in [-0.39, 0.29) is 17.2 Å². The number of hydrogen-bond acceptors (Lipinski definition) is 3. The molecular weight excluding hydrogens is 218 g/mol. The Morgan fingerprint density at radius 1 is 1.29 bits per heavy atom. The fourth-order valence-electron chi connectivity index (χ4n) is 2.78. The van der Waals surface area contributed by atoms with E-state index in [0.717, 1.165) is 18.9 Å². The number of carbonyl (C=O) groups is 1. The Kier molecular flexibility index (Phi) is 3.87. The van der Waals surface area contributed by atoms with E-state index in [4.69, 9.17) is 9.84 Å². The lowest BCUT2D eigenvalue weighted by molar-refractivity contribution is -0.131. The minimum atomic E-state index is -0.963. The number of carboxylic acid groups (broad SMARTS) is 1. The number of carboxylic acids is 1. The molecule has 0 unspecified atom stereocenters. The third-order valence-corrected chi connectivity index (χ3v) is 2.83. The van der Waals surface area contributed by atoms with Crippen molar-refractivity contribution in [3.8, 4) is 0 Å². The Morgan fingerprint density at radius 3 is 2.18 bits per heavy atom. The Balaban J connectivity index is 2.69. The molecule has 0 radical (unpaired) electrons. The Hall–Kier alpha value is -1.03. The highest BCUT2D eigenvalue weighted by Crippen LogP contribution is 2.31. The van der Waals surface area contributed by atoms with Crippen molar-refractivity contribution < 1.29 is 14.6 Å². The van der Waals surface area contributed by atoms with Gasteiger partial charge < -0.3 is 15.2 Å². The van der Waals surface area contributed by atoms with Crippen LogP contribution in [0.4, 0.5) is 0 Å². The van der Waals surface area contributed by atoms with Gasteiger partial charge in [0.15, 0.2) is 0 Å². The van der Waals surface area contributed by atoms with Crippen LogP contribution in [0.3, 0.4) is 0 Å². The molecule has 4 heteroatoms. The summed E-state index contributed by atoms with van der Waals surface area (Å²) in [5.41, 5.74) is 0.0197. The summed E-state index contributed by atoms with van der Waals surface area (Å²) in [6.07, 6.45) is 2.93. The van der Waals surface area contributed by atoms with Crippen molar-refractivity contribution in [1.82, 2.24) is 5.32 Å². The summed E-state index contributed by atoms with van der Waals surface area (Å²) in [4.78, 5) is 10.5. The molecule has 0 amide bonds. The molecule has 2 N–H and O–H groups in total. The van der Waals surface area contributed by atoms with E-state index in [1.165, 1.54) is 0 Å². The van der Waals surface area contributed by atoms with Gasteiger partial charge in [0.05, 0.1) is 6.08 Å². The lowest BCUT2D eigenvalue weighted by Crippen LogP contribution is -2.59. The molecule has 1 saturated heterocycles. The van der Waals surface area contributed by atoms with Crippen molar-refractivity contribution in [2.24, 2.45) is 0 Å². The van der Waals surface area contributed by atoms with Crippen LogP contribution in [0.1, 0.15) is 47.5 Å². The number of piperidine rings is 1. The first-order valence-electron chi connectivity index (χ1n) is 5.97. The maximum atomic E-state index is 10.5. The van der Waals surface area contributed by atoms with Gasteiger partial charge in [-0.15, -0.1) is 0 Å². The molecular formula is C13H23NO3. The molecule has 0 bridgehead atoms. The largest absolute Gasteiger partial charge is 0.495 e. The minimum Gasteiger partial charge on any atom is -0.495 e.